The van der Waals surface area contributed by atoms with Crippen molar-refractivity contribution in [3.05, 3.63) is 65.2 Å². The van der Waals surface area contributed by atoms with Gasteiger partial charge in [-0.1, -0.05) is 42.5 Å². The molecule has 2 aromatic rings. The SMILES string of the molecule is ClC1c2ccccc2CCC1CC1Cc2ccccc2O1. The maximum Gasteiger partial charge on any atom is 0.123 e. The monoisotopic (exact) mass is 298 g/mol. The molecule has 4 rings (SSSR count). The minimum Gasteiger partial charge on any atom is -0.490 e. The molecule has 3 atom stereocenters. The van der Waals surface area contributed by atoms with Crippen LogP contribution in [0.2, 0.25) is 0 Å². The summed E-state index contributed by atoms with van der Waals surface area (Å²) in [5.41, 5.74) is 4.08. The molecular formula is C19H19ClO. The molecule has 1 nitrogen and oxygen atoms in total. The van der Waals surface area contributed by atoms with Crippen molar-refractivity contribution in [3.63, 3.8) is 0 Å². The molecule has 1 aliphatic carbocycles. The van der Waals surface area contributed by atoms with Gasteiger partial charge in [0.15, 0.2) is 0 Å². The number of hydrogen-bond acceptors (Lipinski definition) is 1. The largest absolute Gasteiger partial charge is 0.490 e. The Hall–Kier alpha value is -1.47. The molecule has 0 amide bonds. The fourth-order valence-electron chi connectivity index (χ4n) is 3.73. The summed E-state index contributed by atoms with van der Waals surface area (Å²) in [5, 5.41) is 0.127. The van der Waals surface area contributed by atoms with E-state index in [0.29, 0.717) is 12.0 Å². The van der Waals surface area contributed by atoms with Crippen LogP contribution in [0.1, 0.15) is 34.9 Å². The first kappa shape index (κ1) is 13.2. The molecule has 2 aliphatic rings. The molecule has 0 fully saturated rings. The van der Waals surface area contributed by atoms with Crippen LogP contribution in [0.5, 0.6) is 5.75 Å². The summed E-state index contributed by atoms with van der Waals surface area (Å²) in [4.78, 5) is 0. The zero-order valence-corrected chi connectivity index (χ0v) is 12.7. The molecule has 2 heteroatoms. The highest BCUT2D eigenvalue weighted by Gasteiger charge is 2.32. The first-order chi connectivity index (χ1) is 10.3. The lowest BCUT2D eigenvalue weighted by Crippen LogP contribution is -2.24. The standard InChI is InChI=1S/C19H19ClO/c20-19-15(10-9-13-5-1-3-7-17(13)19)12-16-11-14-6-2-4-8-18(14)21-16/h1-8,15-16,19H,9-12H2. The van der Waals surface area contributed by atoms with Crippen LogP contribution in [-0.4, -0.2) is 6.10 Å². The summed E-state index contributed by atoms with van der Waals surface area (Å²) >= 11 is 6.75. The quantitative estimate of drug-likeness (QED) is 0.715. The van der Waals surface area contributed by atoms with Gasteiger partial charge in [-0.15, -0.1) is 11.6 Å². The highest BCUT2D eigenvalue weighted by atomic mass is 35.5. The van der Waals surface area contributed by atoms with Gasteiger partial charge in [-0.2, -0.15) is 0 Å². The average Bonchev–Trinajstić information content (AvgIpc) is 2.93. The molecular weight excluding hydrogens is 280 g/mol. The third-order valence-corrected chi connectivity index (χ3v) is 5.42. The van der Waals surface area contributed by atoms with E-state index in [-0.39, 0.29) is 5.38 Å². The van der Waals surface area contributed by atoms with E-state index < -0.39 is 0 Å². The maximum atomic E-state index is 6.75. The fourth-order valence-corrected chi connectivity index (χ4v) is 4.17. The molecule has 1 aliphatic heterocycles. The normalized spacial score (nSPS) is 26.8. The van der Waals surface area contributed by atoms with Crippen LogP contribution in [0.25, 0.3) is 0 Å². The van der Waals surface area contributed by atoms with Gasteiger partial charge in [0.1, 0.15) is 11.9 Å². The second kappa shape index (κ2) is 5.38. The molecule has 0 spiro atoms. The lowest BCUT2D eigenvalue weighted by molar-refractivity contribution is 0.185. The van der Waals surface area contributed by atoms with Gasteiger partial charge in [0.2, 0.25) is 0 Å². The second-order valence-corrected chi connectivity index (χ2v) is 6.66. The lowest BCUT2D eigenvalue weighted by atomic mass is 9.80. The average molecular weight is 299 g/mol. The van der Waals surface area contributed by atoms with E-state index >= 15 is 0 Å². The summed E-state index contributed by atoms with van der Waals surface area (Å²) in [6, 6.07) is 17.0. The number of rotatable bonds is 2. The van der Waals surface area contributed by atoms with Crippen molar-refractivity contribution in [2.75, 3.05) is 0 Å². The van der Waals surface area contributed by atoms with Gasteiger partial charge in [-0.05, 0) is 47.9 Å². The van der Waals surface area contributed by atoms with Gasteiger partial charge in [0.25, 0.3) is 0 Å². The van der Waals surface area contributed by atoms with Crippen molar-refractivity contribution in [3.8, 4) is 5.75 Å². The van der Waals surface area contributed by atoms with E-state index in [1.807, 2.05) is 6.07 Å². The number of benzene rings is 2. The number of halogens is 1. The number of para-hydroxylation sites is 1. The van der Waals surface area contributed by atoms with Crippen LogP contribution in [-0.2, 0) is 12.8 Å². The van der Waals surface area contributed by atoms with Crippen molar-refractivity contribution in [1.29, 1.82) is 0 Å². The predicted molar refractivity (Wildman–Crippen MR) is 86.0 cm³/mol. The zero-order chi connectivity index (χ0) is 14.2. The van der Waals surface area contributed by atoms with E-state index in [0.717, 1.165) is 25.0 Å². The minimum atomic E-state index is 0.127. The third kappa shape index (κ3) is 2.44. The fraction of sp³-hybridized carbons (Fsp3) is 0.368. The van der Waals surface area contributed by atoms with Crippen LogP contribution in [0.4, 0.5) is 0 Å². The Morgan fingerprint density at radius 3 is 2.62 bits per heavy atom. The van der Waals surface area contributed by atoms with Crippen molar-refractivity contribution >= 4 is 11.6 Å². The molecule has 1 heterocycles. The van der Waals surface area contributed by atoms with Gasteiger partial charge in [0.05, 0.1) is 5.38 Å². The summed E-state index contributed by atoms with van der Waals surface area (Å²) in [6.07, 6.45) is 4.68. The minimum absolute atomic E-state index is 0.127. The third-order valence-electron chi connectivity index (χ3n) is 4.83. The van der Waals surface area contributed by atoms with E-state index in [4.69, 9.17) is 16.3 Å². The smallest absolute Gasteiger partial charge is 0.123 e. The zero-order valence-electron chi connectivity index (χ0n) is 12.0. The molecule has 0 bridgehead atoms. The highest BCUT2D eigenvalue weighted by Crippen LogP contribution is 2.43. The van der Waals surface area contributed by atoms with Gasteiger partial charge >= 0.3 is 0 Å². The number of ether oxygens (including phenoxy) is 1. The topological polar surface area (TPSA) is 9.23 Å². The summed E-state index contributed by atoms with van der Waals surface area (Å²) in [5.74, 6) is 1.57. The van der Waals surface area contributed by atoms with Crippen LogP contribution >= 0.6 is 11.6 Å². The number of alkyl halides is 1. The molecule has 2 aromatic carbocycles. The Bertz CT molecular complexity index is 627. The first-order valence-corrected chi connectivity index (χ1v) is 8.21. The Kier molecular flexibility index (Phi) is 3.39. The van der Waals surface area contributed by atoms with Crippen molar-refractivity contribution < 1.29 is 4.74 Å². The molecule has 0 saturated carbocycles. The molecule has 0 N–H and O–H groups in total. The molecule has 0 radical (unpaired) electrons. The van der Waals surface area contributed by atoms with Gasteiger partial charge in [-0.3, -0.25) is 0 Å². The van der Waals surface area contributed by atoms with Crippen molar-refractivity contribution in [1.82, 2.24) is 0 Å². The summed E-state index contributed by atoms with van der Waals surface area (Å²) < 4.78 is 6.09. The molecule has 21 heavy (non-hydrogen) atoms. The van der Waals surface area contributed by atoms with E-state index in [1.54, 1.807) is 0 Å². The van der Waals surface area contributed by atoms with Crippen molar-refractivity contribution in [2.24, 2.45) is 5.92 Å². The van der Waals surface area contributed by atoms with Crippen LogP contribution in [0.15, 0.2) is 48.5 Å². The number of fused-ring (bicyclic) bond motifs is 2. The number of aryl methyl sites for hydroxylation is 1. The van der Waals surface area contributed by atoms with Crippen LogP contribution in [0.3, 0.4) is 0 Å². The predicted octanol–water partition coefficient (Wildman–Crippen LogP) is 4.92. The van der Waals surface area contributed by atoms with E-state index in [2.05, 4.69) is 42.5 Å². The van der Waals surface area contributed by atoms with Gasteiger partial charge < -0.3 is 4.74 Å². The molecule has 0 aromatic heterocycles. The van der Waals surface area contributed by atoms with Crippen LogP contribution < -0.4 is 4.74 Å². The summed E-state index contributed by atoms with van der Waals surface area (Å²) in [7, 11) is 0. The van der Waals surface area contributed by atoms with E-state index in [9.17, 15) is 0 Å². The Labute approximate surface area is 130 Å². The molecule has 3 unspecified atom stereocenters. The van der Waals surface area contributed by atoms with Gasteiger partial charge in [-0.25, -0.2) is 0 Å². The molecule has 0 saturated heterocycles. The Morgan fingerprint density at radius 1 is 1.00 bits per heavy atom. The van der Waals surface area contributed by atoms with Crippen molar-refractivity contribution in [2.45, 2.75) is 37.2 Å². The maximum absolute atomic E-state index is 6.75. The Balaban J connectivity index is 1.48. The molecule has 108 valence electrons. The van der Waals surface area contributed by atoms with E-state index in [1.165, 1.54) is 23.1 Å². The van der Waals surface area contributed by atoms with Gasteiger partial charge in [0, 0.05) is 6.42 Å². The lowest BCUT2D eigenvalue weighted by Gasteiger charge is -2.31. The summed E-state index contributed by atoms with van der Waals surface area (Å²) in [6.45, 7) is 0. The van der Waals surface area contributed by atoms with Crippen LogP contribution in [0, 0.1) is 5.92 Å². The second-order valence-electron chi connectivity index (χ2n) is 6.19. The number of hydrogen-bond donors (Lipinski definition) is 0. The first-order valence-electron chi connectivity index (χ1n) is 7.77. The highest BCUT2D eigenvalue weighted by molar-refractivity contribution is 6.21. The Morgan fingerprint density at radius 2 is 1.76 bits per heavy atom.